The Morgan fingerprint density at radius 3 is 2.68 bits per heavy atom. The van der Waals surface area contributed by atoms with Gasteiger partial charge in [0.2, 0.25) is 0 Å². The predicted octanol–water partition coefficient (Wildman–Crippen LogP) is 1.25. The number of benzene rings is 1. The van der Waals surface area contributed by atoms with Crippen LogP contribution in [-0.2, 0) is 11.3 Å². The summed E-state index contributed by atoms with van der Waals surface area (Å²) in [6.07, 6.45) is 2.91. The minimum Gasteiger partial charge on any atom is -0.505 e. The highest BCUT2D eigenvalue weighted by atomic mass is 16.3. The third-order valence-corrected chi connectivity index (χ3v) is 2.92. The quantitative estimate of drug-likeness (QED) is 0.854. The molecule has 1 aliphatic rings. The van der Waals surface area contributed by atoms with E-state index in [0.29, 0.717) is 6.54 Å². The number of hydrogen-bond donors (Lipinski definition) is 2. The molecule has 0 aliphatic carbocycles. The molecular weight excluding hydrogens is 244 g/mol. The molecule has 100 valence electrons. The monoisotopic (exact) mass is 260 g/mol. The van der Waals surface area contributed by atoms with Crippen LogP contribution >= 0.6 is 0 Å². The van der Waals surface area contributed by atoms with Gasteiger partial charge in [0.05, 0.1) is 6.21 Å². The molecular formula is C14H16N2O3. The highest BCUT2D eigenvalue weighted by molar-refractivity contribution is 5.94. The van der Waals surface area contributed by atoms with Crippen molar-refractivity contribution in [2.45, 2.75) is 19.0 Å². The van der Waals surface area contributed by atoms with Crippen LogP contribution in [0.15, 0.2) is 47.3 Å². The SMILES string of the molecule is O=C1N=CC(O)=CN(Cc2ccccc2)C1CCO. The molecule has 5 heteroatoms. The van der Waals surface area contributed by atoms with Gasteiger partial charge in [0.15, 0.2) is 0 Å². The second-order valence-electron chi connectivity index (χ2n) is 4.34. The maximum Gasteiger partial charge on any atom is 0.268 e. The van der Waals surface area contributed by atoms with Crippen molar-refractivity contribution in [1.29, 1.82) is 0 Å². The molecule has 0 spiro atoms. The van der Waals surface area contributed by atoms with Crippen molar-refractivity contribution in [3.8, 4) is 0 Å². The van der Waals surface area contributed by atoms with Crippen LogP contribution in [0.1, 0.15) is 12.0 Å². The van der Waals surface area contributed by atoms with Crippen molar-refractivity contribution >= 4 is 12.1 Å². The van der Waals surface area contributed by atoms with Gasteiger partial charge >= 0.3 is 0 Å². The fourth-order valence-corrected chi connectivity index (χ4v) is 2.01. The summed E-state index contributed by atoms with van der Waals surface area (Å²) in [7, 11) is 0. The summed E-state index contributed by atoms with van der Waals surface area (Å²) in [5.41, 5.74) is 1.02. The summed E-state index contributed by atoms with van der Waals surface area (Å²) in [6.45, 7) is 0.372. The minimum atomic E-state index is -0.550. The van der Waals surface area contributed by atoms with E-state index in [2.05, 4.69) is 4.99 Å². The number of carbonyl (C=O) groups excluding carboxylic acids is 1. The van der Waals surface area contributed by atoms with Crippen LogP contribution in [0.2, 0.25) is 0 Å². The molecule has 19 heavy (non-hydrogen) atoms. The lowest BCUT2D eigenvalue weighted by Crippen LogP contribution is -2.36. The van der Waals surface area contributed by atoms with Crippen molar-refractivity contribution < 1.29 is 15.0 Å². The highest BCUT2D eigenvalue weighted by Gasteiger charge is 2.25. The molecule has 0 radical (unpaired) electrons. The molecule has 1 unspecified atom stereocenters. The summed E-state index contributed by atoms with van der Waals surface area (Å²) in [4.78, 5) is 17.2. The van der Waals surface area contributed by atoms with E-state index >= 15 is 0 Å². The molecule has 2 rings (SSSR count). The molecule has 0 saturated carbocycles. The lowest BCUT2D eigenvalue weighted by atomic mass is 10.1. The van der Waals surface area contributed by atoms with Crippen LogP contribution in [0, 0.1) is 0 Å². The molecule has 1 aliphatic heterocycles. The van der Waals surface area contributed by atoms with E-state index in [1.54, 1.807) is 4.90 Å². The number of allylic oxidation sites excluding steroid dienone is 1. The molecule has 5 nitrogen and oxygen atoms in total. The summed E-state index contributed by atoms with van der Waals surface area (Å²) in [6, 6.07) is 9.07. The largest absolute Gasteiger partial charge is 0.505 e. The van der Waals surface area contributed by atoms with Crippen LogP contribution in [0.3, 0.4) is 0 Å². The maximum absolute atomic E-state index is 11.9. The molecule has 0 bridgehead atoms. The van der Waals surface area contributed by atoms with Gasteiger partial charge in [-0.15, -0.1) is 0 Å². The number of amides is 1. The van der Waals surface area contributed by atoms with Gasteiger partial charge in [-0.1, -0.05) is 30.3 Å². The number of hydrogen-bond acceptors (Lipinski definition) is 4. The summed E-state index contributed by atoms with van der Waals surface area (Å²) >= 11 is 0. The lowest BCUT2D eigenvalue weighted by Gasteiger charge is -2.27. The first-order chi connectivity index (χ1) is 9.20. The van der Waals surface area contributed by atoms with E-state index < -0.39 is 6.04 Å². The van der Waals surface area contributed by atoms with Crippen molar-refractivity contribution in [2.24, 2.45) is 4.99 Å². The second-order valence-corrected chi connectivity index (χ2v) is 4.34. The van der Waals surface area contributed by atoms with E-state index in [1.165, 1.54) is 6.20 Å². The van der Waals surface area contributed by atoms with E-state index in [-0.39, 0.29) is 24.7 Å². The molecule has 1 aromatic rings. The molecule has 0 fully saturated rings. The first kappa shape index (κ1) is 13.3. The van der Waals surface area contributed by atoms with Gasteiger partial charge in [-0.3, -0.25) is 4.79 Å². The van der Waals surface area contributed by atoms with Gasteiger partial charge in [0.25, 0.3) is 5.91 Å². The maximum atomic E-state index is 11.9. The first-order valence-electron chi connectivity index (χ1n) is 6.10. The van der Waals surface area contributed by atoms with Gasteiger partial charge in [-0.2, -0.15) is 0 Å². The lowest BCUT2D eigenvalue weighted by molar-refractivity contribution is -0.122. The Balaban J connectivity index is 2.23. The normalized spacial score (nSPS) is 19.2. The third kappa shape index (κ3) is 3.42. The Hall–Kier alpha value is -2.14. The van der Waals surface area contributed by atoms with Gasteiger partial charge in [-0.25, -0.2) is 4.99 Å². The Morgan fingerprint density at radius 1 is 1.26 bits per heavy atom. The van der Waals surface area contributed by atoms with Gasteiger partial charge in [0.1, 0.15) is 11.8 Å². The molecule has 1 heterocycles. The number of aliphatic hydroxyl groups is 2. The van der Waals surface area contributed by atoms with Crippen LogP contribution in [0.25, 0.3) is 0 Å². The summed E-state index contributed by atoms with van der Waals surface area (Å²) in [5, 5.41) is 18.7. The van der Waals surface area contributed by atoms with E-state index in [9.17, 15) is 9.90 Å². The van der Waals surface area contributed by atoms with Crippen molar-refractivity contribution in [3.05, 3.63) is 47.9 Å². The number of carbonyl (C=O) groups is 1. The van der Waals surface area contributed by atoms with Gasteiger partial charge < -0.3 is 15.1 Å². The molecule has 1 atom stereocenters. The first-order valence-corrected chi connectivity index (χ1v) is 6.10. The van der Waals surface area contributed by atoms with Crippen LogP contribution in [0.4, 0.5) is 0 Å². The smallest absolute Gasteiger partial charge is 0.268 e. The van der Waals surface area contributed by atoms with Crippen LogP contribution in [0.5, 0.6) is 0 Å². The molecule has 2 N–H and O–H groups in total. The average molecular weight is 260 g/mol. The van der Waals surface area contributed by atoms with Crippen LogP contribution in [-0.4, -0.2) is 39.9 Å². The van der Waals surface area contributed by atoms with Crippen molar-refractivity contribution in [1.82, 2.24) is 4.90 Å². The molecule has 0 aromatic heterocycles. The van der Waals surface area contributed by atoms with Crippen molar-refractivity contribution in [3.63, 3.8) is 0 Å². The Kier molecular flexibility index (Phi) is 4.30. The zero-order chi connectivity index (χ0) is 13.7. The summed E-state index contributed by atoms with van der Waals surface area (Å²) in [5.74, 6) is -0.421. The fraction of sp³-hybridized carbons (Fsp3) is 0.286. The Labute approximate surface area is 111 Å². The Bertz CT molecular complexity index is 497. The van der Waals surface area contributed by atoms with Crippen LogP contribution < -0.4 is 0 Å². The zero-order valence-corrected chi connectivity index (χ0v) is 10.4. The van der Waals surface area contributed by atoms with Crippen molar-refractivity contribution in [2.75, 3.05) is 6.61 Å². The number of aliphatic hydroxyl groups excluding tert-OH is 2. The Morgan fingerprint density at radius 2 is 2.00 bits per heavy atom. The van der Waals surface area contributed by atoms with E-state index in [1.807, 2.05) is 30.3 Å². The molecule has 1 aromatic carbocycles. The van der Waals surface area contributed by atoms with Gasteiger partial charge in [-0.05, 0) is 12.0 Å². The third-order valence-electron chi connectivity index (χ3n) is 2.92. The molecule has 0 saturated heterocycles. The van der Waals surface area contributed by atoms with E-state index in [4.69, 9.17) is 5.11 Å². The second kappa shape index (κ2) is 6.15. The topological polar surface area (TPSA) is 73.1 Å². The average Bonchev–Trinajstić information content (AvgIpc) is 2.54. The van der Waals surface area contributed by atoms with Gasteiger partial charge in [0, 0.05) is 19.4 Å². The number of aliphatic imine (C=N–C) groups is 1. The van der Waals surface area contributed by atoms with E-state index in [0.717, 1.165) is 11.8 Å². The summed E-state index contributed by atoms with van der Waals surface area (Å²) < 4.78 is 0. The highest BCUT2D eigenvalue weighted by Crippen LogP contribution is 2.16. The molecule has 1 amide bonds. The predicted molar refractivity (Wildman–Crippen MR) is 71.7 cm³/mol. The standard InChI is InChI=1S/C14H16N2O3/c17-7-6-13-14(19)15-8-12(18)10-16(13)9-11-4-2-1-3-5-11/h1-5,8,10,13,17-18H,6-7,9H2. The minimum absolute atomic E-state index is 0.0651. The number of rotatable bonds is 4. The number of nitrogens with zero attached hydrogens (tertiary/aromatic N) is 2. The fourth-order valence-electron chi connectivity index (χ4n) is 2.01. The zero-order valence-electron chi connectivity index (χ0n) is 10.4.